The number of H-pyrrole nitrogens is 1. The van der Waals surface area contributed by atoms with Gasteiger partial charge in [-0.1, -0.05) is 30.3 Å². The fraction of sp³-hybridized carbons (Fsp3) is 0.235. The van der Waals surface area contributed by atoms with E-state index < -0.39 is 0 Å². The first-order valence-electron chi connectivity index (χ1n) is 7.77. The first-order valence-corrected chi connectivity index (χ1v) is 8.65. The standard InChI is InChI=1S/C17H19N5OS/c23-17(21-10-13-4-2-1-3-5-13)14-12-24-16(22-14)6-7-18-11-15-19-8-9-20-15/h1-5,8-9,12,18H,6-7,10-11H2,(H,19,20)(H,21,23). The van der Waals surface area contributed by atoms with Crippen molar-refractivity contribution in [2.24, 2.45) is 0 Å². The maximum Gasteiger partial charge on any atom is 0.271 e. The number of nitrogens with zero attached hydrogens (tertiary/aromatic N) is 2. The van der Waals surface area contributed by atoms with Gasteiger partial charge in [0.25, 0.3) is 5.91 Å². The zero-order valence-electron chi connectivity index (χ0n) is 13.2. The Morgan fingerprint density at radius 2 is 2.08 bits per heavy atom. The summed E-state index contributed by atoms with van der Waals surface area (Å²) >= 11 is 1.51. The van der Waals surface area contributed by atoms with Crippen LogP contribution in [0.15, 0.2) is 48.1 Å². The Labute approximate surface area is 144 Å². The molecular formula is C17H19N5OS. The Kier molecular flexibility index (Phi) is 5.70. The van der Waals surface area contributed by atoms with E-state index in [0.717, 1.165) is 29.4 Å². The normalized spacial score (nSPS) is 10.7. The van der Waals surface area contributed by atoms with E-state index in [2.05, 4.69) is 25.6 Å². The van der Waals surface area contributed by atoms with Crippen LogP contribution in [0.1, 0.15) is 26.9 Å². The van der Waals surface area contributed by atoms with Crippen LogP contribution in [0.4, 0.5) is 0 Å². The lowest BCUT2D eigenvalue weighted by Crippen LogP contribution is -2.23. The number of aromatic nitrogens is 3. The van der Waals surface area contributed by atoms with E-state index >= 15 is 0 Å². The summed E-state index contributed by atoms with van der Waals surface area (Å²) in [5.74, 6) is 0.778. The molecule has 3 aromatic rings. The molecule has 0 radical (unpaired) electrons. The molecule has 0 atom stereocenters. The highest BCUT2D eigenvalue weighted by Gasteiger charge is 2.10. The van der Waals surface area contributed by atoms with Crippen LogP contribution in [0.2, 0.25) is 0 Å². The Morgan fingerprint density at radius 1 is 1.21 bits per heavy atom. The lowest BCUT2D eigenvalue weighted by Gasteiger charge is -2.03. The van der Waals surface area contributed by atoms with Crippen LogP contribution in [-0.2, 0) is 19.5 Å². The minimum atomic E-state index is -0.134. The number of nitrogens with one attached hydrogen (secondary N) is 3. The van der Waals surface area contributed by atoms with Crippen LogP contribution in [0, 0.1) is 0 Å². The SMILES string of the molecule is O=C(NCc1ccccc1)c1csc(CCNCc2ncc[nH]2)n1. The summed E-state index contributed by atoms with van der Waals surface area (Å²) in [7, 11) is 0. The van der Waals surface area contributed by atoms with Crippen molar-refractivity contribution in [1.82, 2.24) is 25.6 Å². The Balaban J connectivity index is 1.41. The van der Waals surface area contributed by atoms with E-state index in [1.54, 1.807) is 12.4 Å². The van der Waals surface area contributed by atoms with E-state index in [4.69, 9.17) is 0 Å². The molecule has 1 amide bonds. The molecule has 124 valence electrons. The van der Waals surface area contributed by atoms with E-state index in [9.17, 15) is 4.79 Å². The molecule has 3 N–H and O–H groups in total. The molecule has 0 aliphatic heterocycles. The fourth-order valence-corrected chi connectivity index (χ4v) is 2.97. The topological polar surface area (TPSA) is 82.7 Å². The summed E-state index contributed by atoms with van der Waals surface area (Å²) < 4.78 is 0. The van der Waals surface area contributed by atoms with Gasteiger partial charge in [0.05, 0.1) is 11.6 Å². The predicted molar refractivity (Wildman–Crippen MR) is 93.7 cm³/mol. The molecule has 0 saturated carbocycles. The molecule has 7 heteroatoms. The molecule has 2 aromatic heterocycles. The van der Waals surface area contributed by atoms with Crippen molar-refractivity contribution in [3.05, 3.63) is 70.2 Å². The lowest BCUT2D eigenvalue weighted by atomic mass is 10.2. The van der Waals surface area contributed by atoms with Crippen molar-refractivity contribution in [1.29, 1.82) is 0 Å². The molecule has 3 rings (SSSR count). The second-order valence-corrected chi connectivity index (χ2v) is 6.20. The molecule has 0 aliphatic rings. The molecular weight excluding hydrogens is 322 g/mol. The number of imidazole rings is 1. The first kappa shape index (κ1) is 16.4. The highest BCUT2D eigenvalue weighted by molar-refractivity contribution is 7.09. The third kappa shape index (κ3) is 4.74. The number of carbonyl (C=O) groups is 1. The van der Waals surface area contributed by atoms with Crippen molar-refractivity contribution in [3.8, 4) is 0 Å². The number of benzene rings is 1. The summed E-state index contributed by atoms with van der Waals surface area (Å²) in [6.45, 7) is 2.00. The smallest absolute Gasteiger partial charge is 0.271 e. The molecule has 24 heavy (non-hydrogen) atoms. The molecule has 0 spiro atoms. The monoisotopic (exact) mass is 341 g/mol. The molecule has 0 saturated heterocycles. The second kappa shape index (κ2) is 8.37. The maximum absolute atomic E-state index is 12.1. The van der Waals surface area contributed by atoms with Gasteiger partial charge in [-0.05, 0) is 5.56 Å². The number of amides is 1. The zero-order valence-corrected chi connectivity index (χ0v) is 14.0. The van der Waals surface area contributed by atoms with E-state index in [-0.39, 0.29) is 5.91 Å². The van der Waals surface area contributed by atoms with Crippen LogP contribution in [0.5, 0.6) is 0 Å². The van der Waals surface area contributed by atoms with E-state index in [0.29, 0.717) is 18.8 Å². The Morgan fingerprint density at radius 3 is 2.88 bits per heavy atom. The van der Waals surface area contributed by atoms with E-state index in [1.165, 1.54) is 11.3 Å². The number of carbonyl (C=O) groups excluding carboxylic acids is 1. The van der Waals surface area contributed by atoms with Gasteiger partial charge in [0.1, 0.15) is 11.5 Å². The van der Waals surface area contributed by atoms with Crippen molar-refractivity contribution in [2.75, 3.05) is 6.54 Å². The summed E-state index contributed by atoms with van der Waals surface area (Å²) in [6.07, 6.45) is 4.33. The van der Waals surface area contributed by atoms with Gasteiger partial charge in [0.2, 0.25) is 0 Å². The minimum Gasteiger partial charge on any atom is -0.348 e. The molecule has 0 unspecified atom stereocenters. The Hall–Kier alpha value is -2.51. The number of rotatable bonds is 8. The van der Waals surface area contributed by atoms with Crippen molar-refractivity contribution in [2.45, 2.75) is 19.5 Å². The fourth-order valence-electron chi connectivity index (χ4n) is 2.20. The molecule has 1 aromatic carbocycles. The van der Waals surface area contributed by atoms with Gasteiger partial charge in [-0.15, -0.1) is 11.3 Å². The maximum atomic E-state index is 12.1. The van der Waals surface area contributed by atoms with Crippen molar-refractivity contribution >= 4 is 17.2 Å². The second-order valence-electron chi connectivity index (χ2n) is 5.26. The molecule has 0 bridgehead atoms. The molecule has 6 nitrogen and oxygen atoms in total. The number of aromatic amines is 1. The van der Waals surface area contributed by atoms with Crippen molar-refractivity contribution in [3.63, 3.8) is 0 Å². The summed E-state index contributed by atoms with van der Waals surface area (Å²) in [5, 5.41) is 8.94. The third-order valence-corrected chi connectivity index (χ3v) is 4.35. The average Bonchev–Trinajstić information content (AvgIpc) is 3.29. The van der Waals surface area contributed by atoms with Gasteiger partial charge in [-0.25, -0.2) is 9.97 Å². The van der Waals surface area contributed by atoms with Gasteiger partial charge in [-0.3, -0.25) is 4.79 Å². The van der Waals surface area contributed by atoms with Gasteiger partial charge < -0.3 is 15.6 Å². The van der Waals surface area contributed by atoms with Crippen molar-refractivity contribution < 1.29 is 4.79 Å². The highest BCUT2D eigenvalue weighted by atomic mass is 32.1. The predicted octanol–water partition coefficient (Wildman–Crippen LogP) is 2.13. The van der Waals surface area contributed by atoms with Crippen LogP contribution in [0.3, 0.4) is 0 Å². The molecule has 0 fully saturated rings. The number of hydrogen-bond acceptors (Lipinski definition) is 5. The quantitative estimate of drug-likeness (QED) is 0.548. The van der Waals surface area contributed by atoms with Crippen LogP contribution in [0.25, 0.3) is 0 Å². The zero-order chi connectivity index (χ0) is 16.6. The summed E-state index contributed by atoms with van der Waals surface area (Å²) in [6, 6.07) is 9.84. The van der Waals surface area contributed by atoms with E-state index in [1.807, 2.05) is 35.7 Å². The lowest BCUT2D eigenvalue weighted by molar-refractivity contribution is 0.0946. The number of thiazole rings is 1. The number of hydrogen-bond donors (Lipinski definition) is 3. The van der Waals surface area contributed by atoms with Crippen LogP contribution in [-0.4, -0.2) is 27.4 Å². The van der Waals surface area contributed by atoms with Gasteiger partial charge in [0.15, 0.2) is 0 Å². The highest BCUT2D eigenvalue weighted by Crippen LogP contribution is 2.10. The Bertz CT molecular complexity index is 754. The summed E-state index contributed by atoms with van der Waals surface area (Å²) in [4.78, 5) is 23.7. The molecule has 0 aliphatic carbocycles. The van der Waals surface area contributed by atoms with Crippen LogP contribution < -0.4 is 10.6 Å². The van der Waals surface area contributed by atoms with Gasteiger partial charge in [-0.2, -0.15) is 0 Å². The van der Waals surface area contributed by atoms with Gasteiger partial charge in [0, 0.05) is 37.3 Å². The van der Waals surface area contributed by atoms with Gasteiger partial charge >= 0.3 is 0 Å². The largest absolute Gasteiger partial charge is 0.348 e. The van der Waals surface area contributed by atoms with Crippen LogP contribution >= 0.6 is 11.3 Å². The summed E-state index contributed by atoms with van der Waals surface area (Å²) in [5.41, 5.74) is 1.56. The minimum absolute atomic E-state index is 0.134. The molecule has 2 heterocycles. The third-order valence-electron chi connectivity index (χ3n) is 3.44. The average molecular weight is 341 g/mol. The first-order chi connectivity index (χ1) is 11.8.